The molecule has 0 aliphatic carbocycles. The highest BCUT2D eigenvalue weighted by Crippen LogP contribution is 2.37. The number of fused-ring (bicyclic) bond motifs is 1. The third-order valence-corrected chi connectivity index (χ3v) is 5.87. The number of allylic oxidation sites excluding steroid dienone is 1. The normalized spacial score (nSPS) is 15.1. The number of carbonyl (C=O) groups excluding carboxylic acids is 1. The largest absolute Gasteiger partial charge is 0.463 e. The van der Waals surface area contributed by atoms with Crippen LogP contribution in [0.4, 0.5) is 11.6 Å². The molecule has 0 radical (unpaired) electrons. The standard InChI is InChI=1S/C22H21N5O4S/c1-3-31-20(28)18-14(2)23-21-24-22(32-13-15-7-5-4-6-8-15)25-26(21)19(18)16-9-11-17(12-10-16)27(29)30/h4-12,19H,3,13H2,1-2H3,(H,23,24,25)/t19-/m0/s1. The summed E-state index contributed by atoms with van der Waals surface area (Å²) in [7, 11) is 0. The van der Waals surface area contributed by atoms with Crippen molar-refractivity contribution in [3.05, 3.63) is 87.1 Å². The van der Waals surface area contributed by atoms with E-state index in [0.29, 0.717) is 33.7 Å². The molecule has 1 aliphatic heterocycles. The summed E-state index contributed by atoms with van der Waals surface area (Å²) in [5.41, 5.74) is 2.78. The fourth-order valence-electron chi connectivity index (χ4n) is 3.47. The Hall–Kier alpha value is -3.66. The minimum absolute atomic E-state index is 0.0287. The van der Waals surface area contributed by atoms with Crippen LogP contribution in [0, 0.1) is 10.1 Å². The van der Waals surface area contributed by atoms with E-state index in [1.54, 1.807) is 30.7 Å². The van der Waals surface area contributed by atoms with Crippen LogP contribution in [0.3, 0.4) is 0 Å². The van der Waals surface area contributed by atoms with Crippen LogP contribution in [0.2, 0.25) is 0 Å². The molecule has 4 rings (SSSR count). The lowest BCUT2D eigenvalue weighted by molar-refractivity contribution is -0.384. The maximum atomic E-state index is 12.8. The molecule has 0 saturated carbocycles. The Morgan fingerprint density at radius 2 is 1.94 bits per heavy atom. The van der Waals surface area contributed by atoms with E-state index >= 15 is 0 Å². The third-order valence-electron chi connectivity index (χ3n) is 4.96. The molecule has 0 saturated heterocycles. The highest BCUT2D eigenvalue weighted by atomic mass is 32.2. The van der Waals surface area contributed by atoms with Crippen molar-refractivity contribution in [2.24, 2.45) is 0 Å². The van der Waals surface area contributed by atoms with Gasteiger partial charge in [0.25, 0.3) is 5.69 Å². The zero-order chi connectivity index (χ0) is 22.7. The molecule has 0 fully saturated rings. The van der Waals surface area contributed by atoms with Gasteiger partial charge in [0.1, 0.15) is 6.04 Å². The van der Waals surface area contributed by atoms with Crippen molar-refractivity contribution in [1.29, 1.82) is 0 Å². The monoisotopic (exact) mass is 451 g/mol. The van der Waals surface area contributed by atoms with Crippen LogP contribution in [0.5, 0.6) is 0 Å². The lowest BCUT2D eigenvalue weighted by Gasteiger charge is -2.28. The van der Waals surface area contributed by atoms with Gasteiger partial charge in [-0.25, -0.2) is 9.48 Å². The Morgan fingerprint density at radius 3 is 2.59 bits per heavy atom. The lowest BCUT2D eigenvalue weighted by atomic mass is 9.95. The number of hydrogen-bond donors (Lipinski definition) is 1. The van der Waals surface area contributed by atoms with Gasteiger partial charge in [-0.1, -0.05) is 42.1 Å². The minimum atomic E-state index is -0.621. The summed E-state index contributed by atoms with van der Waals surface area (Å²) in [6.07, 6.45) is 0. The van der Waals surface area contributed by atoms with Crippen LogP contribution >= 0.6 is 11.8 Å². The number of nitro benzene ring substituents is 1. The van der Waals surface area contributed by atoms with Crippen molar-refractivity contribution < 1.29 is 14.5 Å². The van der Waals surface area contributed by atoms with Gasteiger partial charge < -0.3 is 10.1 Å². The summed E-state index contributed by atoms with van der Waals surface area (Å²) in [4.78, 5) is 28.0. The Morgan fingerprint density at radius 1 is 1.22 bits per heavy atom. The SMILES string of the molecule is CCOC(=O)C1=C(C)Nc2nc(SCc3ccccc3)nn2[C@H]1c1ccc([N+](=O)[O-])cc1. The van der Waals surface area contributed by atoms with Gasteiger partial charge in [0.2, 0.25) is 11.1 Å². The number of non-ortho nitro benzene ring substituents is 1. The first-order valence-corrected chi connectivity index (χ1v) is 11.0. The highest BCUT2D eigenvalue weighted by molar-refractivity contribution is 7.98. The number of anilines is 1. The van der Waals surface area contributed by atoms with E-state index in [-0.39, 0.29) is 12.3 Å². The van der Waals surface area contributed by atoms with E-state index in [1.807, 2.05) is 30.3 Å². The first-order chi connectivity index (χ1) is 15.5. The fourth-order valence-corrected chi connectivity index (χ4v) is 4.26. The Labute approximate surface area is 188 Å². The number of nitro groups is 1. The zero-order valence-electron chi connectivity index (χ0n) is 17.5. The van der Waals surface area contributed by atoms with E-state index in [0.717, 1.165) is 5.56 Å². The maximum absolute atomic E-state index is 12.8. The Bertz CT molecular complexity index is 1170. The predicted octanol–water partition coefficient (Wildman–Crippen LogP) is 4.33. The van der Waals surface area contributed by atoms with Gasteiger partial charge in [0.15, 0.2) is 0 Å². The van der Waals surface area contributed by atoms with E-state index in [2.05, 4.69) is 15.4 Å². The van der Waals surface area contributed by atoms with E-state index in [9.17, 15) is 14.9 Å². The molecule has 1 aromatic heterocycles. The first kappa shape index (κ1) is 21.6. The number of carbonyl (C=O) groups is 1. The number of aromatic nitrogens is 3. The van der Waals surface area contributed by atoms with Crippen molar-refractivity contribution in [3.8, 4) is 0 Å². The number of thioether (sulfide) groups is 1. The van der Waals surface area contributed by atoms with Gasteiger partial charge >= 0.3 is 5.97 Å². The maximum Gasteiger partial charge on any atom is 0.338 e. The van der Waals surface area contributed by atoms with Crippen LogP contribution in [0.25, 0.3) is 0 Å². The third kappa shape index (κ3) is 4.35. The molecular weight excluding hydrogens is 430 g/mol. The van der Waals surface area contributed by atoms with Crippen molar-refractivity contribution in [1.82, 2.24) is 14.8 Å². The smallest absolute Gasteiger partial charge is 0.338 e. The summed E-state index contributed by atoms with van der Waals surface area (Å²) in [6, 6.07) is 15.5. The molecule has 9 nitrogen and oxygen atoms in total. The van der Waals surface area contributed by atoms with E-state index in [1.165, 1.54) is 23.9 Å². The predicted molar refractivity (Wildman–Crippen MR) is 120 cm³/mol. The van der Waals surface area contributed by atoms with Crippen LogP contribution in [-0.4, -0.2) is 32.3 Å². The second-order valence-corrected chi connectivity index (χ2v) is 8.01. The van der Waals surface area contributed by atoms with Gasteiger partial charge in [-0.3, -0.25) is 10.1 Å². The van der Waals surface area contributed by atoms with Gasteiger partial charge in [-0.15, -0.1) is 5.10 Å². The number of esters is 1. The lowest BCUT2D eigenvalue weighted by Crippen LogP contribution is -2.29. The quantitative estimate of drug-likeness (QED) is 0.244. The Balaban J connectivity index is 1.71. The Kier molecular flexibility index (Phi) is 6.22. The highest BCUT2D eigenvalue weighted by Gasteiger charge is 2.35. The molecule has 2 heterocycles. The first-order valence-electron chi connectivity index (χ1n) is 10.0. The average molecular weight is 452 g/mol. The van der Waals surface area contributed by atoms with Gasteiger partial charge in [-0.05, 0) is 37.1 Å². The second kappa shape index (κ2) is 9.23. The van der Waals surface area contributed by atoms with Crippen LogP contribution in [0.15, 0.2) is 71.0 Å². The molecular formula is C22H21N5O4S. The molecule has 0 bridgehead atoms. The molecule has 32 heavy (non-hydrogen) atoms. The molecule has 0 spiro atoms. The number of hydrogen-bond acceptors (Lipinski definition) is 8. The van der Waals surface area contributed by atoms with Crippen molar-refractivity contribution >= 4 is 29.4 Å². The molecule has 1 atom stereocenters. The summed E-state index contributed by atoms with van der Waals surface area (Å²) in [5, 5.41) is 19.4. The summed E-state index contributed by atoms with van der Waals surface area (Å²) in [5.74, 6) is 0.721. The molecule has 164 valence electrons. The van der Waals surface area contributed by atoms with Gasteiger partial charge in [0, 0.05) is 23.6 Å². The van der Waals surface area contributed by atoms with Crippen molar-refractivity contribution in [2.75, 3.05) is 11.9 Å². The van der Waals surface area contributed by atoms with Gasteiger partial charge in [-0.2, -0.15) is 4.98 Å². The number of rotatable bonds is 7. The molecule has 0 amide bonds. The molecule has 1 N–H and O–H groups in total. The van der Waals surface area contributed by atoms with Crippen molar-refractivity contribution in [2.45, 2.75) is 30.8 Å². The molecule has 3 aromatic rings. The molecule has 0 unspecified atom stereocenters. The average Bonchev–Trinajstić information content (AvgIpc) is 3.20. The molecule has 10 heteroatoms. The summed E-state index contributed by atoms with van der Waals surface area (Å²) >= 11 is 1.48. The minimum Gasteiger partial charge on any atom is -0.463 e. The number of nitrogens with zero attached hydrogens (tertiary/aromatic N) is 4. The summed E-state index contributed by atoms with van der Waals surface area (Å²) < 4.78 is 6.91. The topological polar surface area (TPSA) is 112 Å². The van der Waals surface area contributed by atoms with Crippen LogP contribution in [-0.2, 0) is 15.3 Å². The zero-order valence-corrected chi connectivity index (χ0v) is 18.3. The van der Waals surface area contributed by atoms with E-state index in [4.69, 9.17) is 4.74 Å². The van der Waals surface area contributed by atoms with Crippen LogP contribution < -0.4 is 5.32 Å². The van der Waals surface area contributed by atoms with Crippen molar-refractivity contribution in [3.63, 3.8) is 0 Å². The second-order valence-electron chi connectivity index (χ2n) is 7.07. The summed E-state index contributed by atoms with van der Waals surface area (Å²) in [6.45, 7) is 3.74. The number of benzene rings is 2. The van der Waals surface area contributed by atoms with Crippen LogP contribution in [0.1, 0.15) is 31.0 Å². The molecule has 1 aliphatic rings. The fraction of sp³-hybridized carbons (Fsp3) is 0.227. The van der Waals surface area contributed by atoms with Gasteiger partial charge in [0.05, 0.1) is 17.1 Å². The molecule has 2 aromatic carbocycles. The number of ether oxygens (including phenoxy) is 1. The van der Waals surface area contributed by atoms with E-state index < -0.39 is 16.9 Å². The number of nitrogens with one attached hydrogen (secondary N) is 1.